The Morgan fingerprint density at radius 1 is 1.09 bits per heavy atom. The first kappa shape index (κ1) is 15.6. The molecule has 3 rings (SSSR count). The first-order valence-corrected chi connectivity index (χ1v) is 7.97. The van der Waals surface area contributed by atoms with Gasteiger partial charge in [-0.25, -0.2) is 4.98 Å². The fourth-order valence-corrected chi connectivity index (χ4v) is 2.82. The number of anilines is 1. The molecule has 0 bridgehead atoms. The first-order valence-electron chi connectivity index (χ1n) is 7.97. The fourth-order valence-electron chi connectivity index (χ4n) is 2.82. The van der Waals surface area contributed by atoms with Crippen LogP contribution in [0.1, 0.15) is 31.0 Å². The summed E-state index contributed by atoms with van der Waals surface area (Å²) in [5.74, 6) is 0.533. The van der Waals surface area contributed by atoms with Crippen molar-refractivity contribution in [2.75, 3.05) is 19.8 Å². The van der Waals surface area contributed by atoms with Gasteiger partial charge >= 0.3 is 0 Å². The Morgan fingerprint density at radius 2 is 1.78 bits per heavy atom. The average molecular weight is 308 g/mol. The highest BCUT2D eigenvalue weighted by Crippen LogP contribution is 2.27. The number of pyridine rings is 1. The van der Waals surface area contributed by atoms with Crippen LogP contribution in [0.3, 0.4) is 0 Å². The van der Waals surface area contributed by atoms with Crippen molar-refractivity contribution >= 4 is 11.3 Å². The van der Waals surface area contributed by atoms with Gasteiger partial charge in [0.05, 0.1) is 11.4 Å². The number of imidazole rings is 1. The third kappa shape index (κ3) is 3.08. The molecule has 0 spiro atoms. The predicted molar refractivity (Wildman–Crippen MR) is 96.5 cm³/mol. The Labute approximate surface area is 137 Å². The van der Waals surface area contributed by atoms with E-state index in [4.69, 9.17) is 10.7 Å². The molecule has 0 atom stereocenters. The lowest BCUT2D eigenvalue weighted by Crippen LogP contribution is -2.13. The van der Waals surface area contributed by atoms with Crippen molar-refractivity contribution in [2.24, 2.45) is 0 Å². The molecule has 2 N–H and O–H groups in total. The fraction of sp³-hybridized carbons (Fsp3) is 0.316. The Hall–Kier alpha value is -2.33. The van der Waals surface area contributed by atoms with E-state index in [2.05, 4.69) is 61.5 Å². The molecule has 23 heavy (non-hydrogen) atoms. The molecule has 1 aromatic carbocycles. The third-order valence-electron chi connectivity index (χ3n) is 4.06. The number of nitrogen functional groups attached to an aromatic ring is 1. The van der Waals surface area contributed by atoms with Gasteiger partial charge in [-0.2, -0.15) is 0 Å². The molecule has 0 unspecified atom stereocenters. The van der Waals surface area contributed by atoms with Crippen molar-refractivity contribution in [1.29, 1.82) is 0 Å². The number of rotatable bonds is 4. The van der Waals surface area contributed by atoms with Gasteiger partial charge in [0, 0.05) is 24.0 Å². The number of benzene rings is 1. The molecule has 2 aromatic heterocycles. The predicted octanol–water partition coefficient (Wildman–Crippen LogP) is 3.77. The number of fused-ring (bicyclic) bond motifs is 1. The largest absolute Gasteiger partial charge is 0.398 e. The normalized spacial score (nSPS) is 11.7. The highest BCUT2D eigenvalue weighted by atomic mass is 15.1. The Morgan fingerprint density at radius 3 is 2.39 bits per heavy atom. The molecule has 120 valence electrons. The summed E-state index contributed by atoms with van der Waals surface area (Å²) in [6, 6.07) is 12.6. The van der Waals surface area contributed by atoms with Crippen LogP contribution < -0.4 is 5.73 Å². The topological polar surface area (TPSA) is 46.6 Å². The van der Waals surface area contributed by atoms with Crippen LogP contribution in [0.15, 0.2) is 42.6 Å². The van der Waals surface area contributed by atoms with Gasteiger partial charge in [-0.05, 0) is 37.7 Å². The van der Waals surface area contributed by atoms with Crippen LogP contribution in [0.5, 0.6) is 0 Å². The average Bonchev–Trinajstić information content (AvgIpc) is 2.85. The van der Waals surface area contributed by atoms with Gasteiger partial charge in [0.2, 0.25) is 0 Å². The van der Waals surface area contributed by atoms with Crippen LogP contribution in [0.25, 0.3) is 16.9 Å². The van der Waals surface area contributed by atoms with Crippen molar-refractivity contribution in [3.63, 3.8) is 0 Å². The second-order valence-electron chi connectivity index (χ2n) is 6.61. The lowest BCUT2D eigenvalue weighted by molar-refractivity contribution is 0.396. The van der Waals surface area contributed by atoms with Crippen molar-refractivity contribution in [3.8, 4) is 11.3 Å². The van der Waals surface area contributed by atoms with Gasteiger partial charge in [0.15, 0.2) is 0 Å². The zero-order chi connectivity index (χ0) is 16.6. The van der Waals surface area contributed by atoms with E-state index in [0.717, 1.165) is 34.8 Å². The molecule has 3 aromatic rings. The second kappa shape index (κ2) is 6.05. The molecule has 4 heteroatoms. The van der Waals surface area contributed by atoms with E-state index in [1.54, 1.807) is 0 Å². The van der Waals surface area contributed by atoms with E-state index < -0.39 is 0 Å². The number of hydrogen-bond acceptors (Lipinski definition) is 3. The molecule has 0 saturated heterocycles. The van der Waals surface area contributed by atoms with Crippen LogP contribution >= 0.6 is 0 Å². The minimum Gasteiger partial charge on any atom is -0.398 e. The van der Waals surface area contributed by atoms with Crippen LogP contribution in [-0.4, -0.2) is 28.4 Å². The Bertz CT molecular complexity index is 813. The van der Waals surface area contributed by atoms with Gasteiger partial charge < -0.3 is 15.0 Å². The lowest BCUT2D eigenvalue weighted by atomic mass is 10.0. The summed E-state index contributed by atoms with van der Waals surface area (Å²) in [5, 5.41) is 0. The van der Waals surface area contributed by atoms with Crippen molar-refractivity contribution in [3.05, 3.63) is 53.9 Å². The van der Waals surface area contributed by atoms with Gasteiger partial charge in [-0.1, -0.05) is 38.1 Å². The molecule has 0 aliphatic carbocycles. The Kier molecular flexibility index (Phi) is 4.09. The van der Waals surface area contributed by atoms with Crippen LogP contribution in [-0.2, 0) is 6.54 Å². The minimum absolute atomic E-state index is 0.533. The lowest BCUT2D eigenvalue weighted by Gasteiger charge is -2.12. The maximum atomic E-state index is 5.96. The van der Waals surface area contributed by atoms with Crippen LogP contribution in [0.2, 0.25) is 0 Å². The molecular formula is C19H24N4. The van der Waals surface area contributed by atoms with Crippen LogP contribution in [0, 0.1) is 0 Å². The van der Waals surface area contributed by atoms with E-state index in [-0.39, 0.29) is 0 Å². The molecular weight excluding hydrogens is 284 g/mol. The maximum Gasteiger partial charge on any atom is 0.137 e. The molecule has 0 radical (unpaired) electrons. The second-order valence-corrected chi connectivity index (χ2v) is 6.61. The minimum atomic E-state index is 0.533. The maximum absolute atomic E-state index is 5.96. The molecule has 0 saturated carbocycles. The van der Waals surface area contributed by atoms with Crippen molar-refractivity contribution in [1.82, 2.24) is 14.3 Å². The summed E-state index contributed by atoms with van der Waals surface area (Å²) in [4.78, 5) is 6.98. The van der Waals surface area contributed by atoms with Crippen molar-refractivity contribution < 1.29 is 0 Å². The van der Waals surface area contributed by atoms with Gasteiger partial charge in [0.25, 0.3) is 0 Å². The van der Waals surface area contributed by atoms with E-state index >= 15 is 0 Å². The Balaban J connectivity index is 2.15. The van der Waals surface area contributed by atoms with E-state index in [9.17, 15) is 0 Å². The van der Waals surface area contributed by atoms with Crippen LogP contribution in [0.4, 0.5) is 5.69 Å². The number of nitrogens with zero attached hydrogens (tertiary/aromatic N) is 3. The SMILES string of the molecule is CC(C)c1ccc(-c2nc3ccc(N)cn3c2CN(C)C)cc1. The number of nitrogens with two attached hydrogens (primary N) is 1. The number of aromatic nitrogens is 2. The molecule has 0 aliphatic rings. The molecule has 0 fully saturated rings. The summed E-state index contributed by atoms with van der Waals surface area (Å²) < 4.78 is 2.10. The zero-order valence-electron chi connectivity index (χ0n) is 14.2. The molecule has 4 nitrogen and oxygen atoms in total. The highest BCUT2D eigenvalue weighted by Gasteiger charge is 2.15. The molecule has 0 amide bonds. The smallest absolute Gasteiger partial charge is 0.137 e. The summed E-state index contributed by atoms with van der Waals surface area (Å²) >= 11 is 0. The van der Waals surface area contributed by atoms with E-state index in [1.165, 1.54) is 5.56 Å². The summed E-state index contributed by atoms with van der Waals surface area (Å²) in [6.07, 6.45) is 1.95. The summed E-state index contributed by atoms with van der Waals surface area (Å²) in [6.45, 7) is 5.23. The summed E-state index contributed by atoms with van der Waals surface area (Å²) in [7, 11) is 4.13. The van der Waals surface area contributed by atoms with Gasteiger partial charge in [0.1, 0.15) is 5.65 Å². The van der Waals surface area contributed by atoms with E-state index in [0.29, 0.717) is 5.92 Å². The molecule has 2 heterocycles. The van der Waals surface area contributed by atoms with E-state index in [1.807, 2.05) is 18.3 Å². The monoisotopic (exact) mass is 308 g/mol. The quantitative estimate of drug-likeness (QED) is 0.798. The zero-order valence-corrected chi connectivity index (χ0v) is 14.2. The molecule has 0 aliphatic heterocycles. The summed E-state index contributed by atoms with van der Waals surface area (Å²) in [5.41, 5.74) is 12.3. The van der Waals surface area contributed by atoms with Crippen molar-refractivity contribution in [2.45, 2.75) is 26.3 Å². The standard InChI is InChI=1S/C19H24N4/c1-13(2)14-5-7-15(8-6-14)19-17(12-22(3)4)23-11-16(20)9-10-18(23)21-19/h5-11,13H,12,20H2,1-4H3. The first-order chi connectivity index (χ1) is 11.0. The number of hydrogen-bond donors (Lipinski definition) is 1. The third-order valence-corrected chi connectivity index (χ3v) is 4.06. The highest BCUT2D eigenvalue weighted by molar-refractivity contribution is 5.67. The van der Waals surface area contributed by atoms with Gasteiger partial charge in [-0.15, -0.1) is 0 Å². The van der Waals surface area contributed by atoms with Gasteiger partial charge in [-0.3, -0.25) is 0 Å².